The Morgan fingerprint density at radius 2 is 1.68 bits per heavy atom. The summed E-state index contributed by atoms with van der Waals surface area (Å²) < 4.78 is 5.65. The van der Waals surface area contributed by atoms with E-state index >= 15 is 0 Å². The second-order valence-electron chi connectivity index (χ2n) is 7.14. The molecule has 150 valence electrons. The van der Waals surface area contributed by atoms with Crippen molar-refractivity contribution in [3.8, 4) is 5.75 Å². The van der Waals surface area contributed by atoms with Crippen LogP contribution in [0, 0.1) is 6.92 Å². The summed E-state index contributed by atoms with van der Waals surface area (Å²) in [7, 11) is 0. The van der Waals surface area contributed by atoms with E-state index in [2.05, 4.69) is 5.32 Å². The van der Waals surface area contributed by atoms with Crippen molar-refractivity contribution in [2.75, 3.05) is 6.61 Å². The number of hydrogen-bond donors (Lipinski definition) is 1. The van der Waals surface area contributed by atoms with Crippen LogP contribution in [0.1, 0.15) is 38.3 Å². The number of benzene rings is 2. The van der Waals surface area contributed by atoms with E-state index in [1.54, 1.807) is 4.90 Å². The minimum atomic E-state index is -0.547. The third-order valence-electron chi connectivity index (χ3n) is 4.52. The lowest BCUT2D eigenvalue weighted by Gasteiger charge is -2.31. The molecule has 5 nitrogen and oxygen atoms in total. The molecule has 5 heteroatoms. The molecule has 0 radical (unpaired) electrons. The number of ether oxygens (including phenoxy) is 1. The normalized spacial score (nSPS) is 11.8. The number of carbonyl (C=O) groups excluding carboxylic acids is 2. The number of aryl methyl sites for hydroxylation is 1. The van der Waals surface area contributed by atoms with Crippen molar-refractivity contribution in [1.82, 2.24) is 10.2 Å². The molecule has 0 aliphatic rings. The fourth-order valence-corrected chi connectivity index (χ4v) is 3.02. The Labute approximate surface area is 167 Å². The van der Waals surface area contributed by atoms with Crippen molar-refractivity contribution in [2.45, 2.75) is 52.7 Å². The zero-order valence-electron chi connectivity index (χ0n) is 17.1. The highest BCUT2D eigenvalue weighted by atomic mass is 16.5. The summed E-state index contributed by atoms with van der Waals surface area (Å²) in [5, 5.41) is 2.93. The first kappa shape index (κ1) is 21.5. The molecular formula is C23H30N2O3. The second kappa shape index (κ2) is 10.5. The molecule has 0 aliphatic carbocycles. The third kappa shape index (κ3) is 6.12. The average molecular weight is 383 g/mol. The predicted molar refractivity (Wildman–Crippen MR) is 111 cm³/mol. The van der Waals surface area contributed by atoms with Gasteiger partial charge in [-0.1, -0.05) is 49.4 Å². The van der Waals surface area contributed by atoms with Gasteiger partial charge in [0.15, 0.2) is 6.61 Å². The van der Waals surface area contributed by atoms with Crippen molar-refractivity contribution < 1.29 is 14.3 Å². The summed E-state index contributed by atoms with van der Waals surface area (Å²) in [5.74, 6) is 0.281. The van der Waals surface area contributed by atoms with E-state index in [1.165, 1.54) is 0 Å². The molecule has 2 aromatic carbocycles. The minimum Gasteiger partial charge on any atom is -0.484 e. The van der Waals surface area contributed by atoms with Gasteiger partial charge in [0.05, 0.1) is 0 Å². The van der Waals surface area contributed by atoms with E-state index in [4.69, 9.17) is 4.74 Å². The van der Waals surface area contributed by atoms with E-state index in [0.717, 1.165) is 11.1 Å². The highest BCUT2D eigenvalue weighted by Gasteiger charge is 2.29. The molecule has 2 aromatic rings. The molecule has 2 rings (SSSR count). The van der Waals surface area contributed by atoms with Crippen molar-refractivity contribution in [2.24, 2.45) is 0 Å². The first-order valence-electron chi connectivity index (χ1n) is 9.74. The van der Waals surface area contributed by atoms with E-state index in [1.807, 2.05) is 82.3 Å². The van der Waals surface area contributed by atoms with Crippen LogP contribution in [0.4, 0.5) is 0 Å². The Morgan fingerprint density at radius 3 is 2.29 bits per heavy atom. The van der Waals surface area contributed by atoms with Crippen molar-refractivity contribution in [1.29, 1.82) is 0 Å². The zero-order valence-corrected chi connectivity index (χ0v) is 17.1. The van der Waals surface area contributed by atoms with Gasteiger partial charge < -0.3 is 15.0 Å². The number of nitrogens with one attached hydrogen (secondary N) is 1. The predicted octanol–water partition coefficient (Wildman–Crippen LogP) is 3.71. The Morgan fingerprint density at radius 1 is 1.04 bits per heavy atom. The molecule has 0 saturated heterocycles. The van der Waals surface area contributed by atoms with Crippen molar-refractivity contribution in [3.05, 3.63) is 65.7 Å². The first-order valence-corrected chi connectivity index (χ1v) is 9.74. The van der Waals surface area contributed by atoms with Gasteiger partial charge >= 0.3 is 0 Å². The Hall–Kier alpha value is -2.82. The molecular weight excluding hydrogens is 352 g/mol. The van der Waals surface area contributed by atoms with Gasteiger partial charge in [0.1, 0.15) is 11.8 Å². The van der Waals surface area contributed by atoms with Crippen LogP contribution in [0.2, 0.25) is 0 Å². The van der Waals surface area contributed by atoms with E-state index in [-0.39, 0.29) is 24.5 Å². The number of hydrogen-bond acceptors (Lipinski definition) is 3. The molecule has 0 aromatic heterocycles. The average Bonchev–Trinajstić information content (AvgIpc) is 2.67. The van der Waals surface area contributed by atoms with Crippen LogP contribution in [-0.4, -0.2) is 35.4 Å². The van der Waals surface area contributed by atoms with Crippen molar-refractivity contribution in [3.63, 3.8) is 0 Å². The first-order chi connectivity index (χ1) is 13.4. The molecule has 0 bridgehead atoms. The van der Waals surface area contributed by atoms with Gasteiger partial charge in [-0.3, -0.25) is 9.59 Å². The van der Waals surface area contributed by atoms with Gasteiger partial charge in [-0.2, -0.15) is 0 Å². The summed E-state index contributed by atoms with van der Waals surface area (Å²) in [6.45, 7) is 8.01. The number of rotatable bonds is 9. The van der Waals surface area contributed by atoms with Crippen LogP contribution < -0.4 is 10.1 Å². The van der Waals surface area contributed by atoms with Gasteiger partial charge in [0.2, 0.25) is 5.91 Å². The topological polar surface area (TPSA) is 58.6 Å². The third-order valence-corrected chi connectivity index (χ3v) is 4.52. The highest BCUT2D eigenvalue weighted by molar-refractivity contribution is 5.88. The molecule has 28 heavy (non-hydrogen) atoms. The van der Waals surface area contributed by atoms with Crippen molar-refractivity contribution >= 4 is 11.8 Å². The molecule has 0 saturated carbocycles. The van der Waals surface area contributed by atoms with Crippen LogP contribution in [0.5, 0.6) is 5.75 Å². The van der Waals surface area contributed by atoms with Gasteiger partial charge in [0, 0.05) is 12.6 Å². The largest absolute Gasteiger partial charge is 0.484 e. The lowest BCUT2D eigenvalue weighted by Crippen LogP contribution is -2.51. The molecule has 1 N–H and O–H groups in total. The van der Waals surface area contributed by atoms with E-state index in [9.17, 15) is 9.59 Å². The quantitative estimate of drug-likeness (QED) is 0.719. The maximum Gasteiger partial charge on any atom is 0.261 e. The Balaban J connectivity index is 2.22. The van der Waals surface area contributed by atoms with E-state index < -0.39 is 6.04 Å². The van der Waals surface area contributed by atoms with Gasteiger partial charge in [0.25, 0.3) is 5.91 Å². The summed E-state index contributed by atoms with van der Waals surface area (Å²) >= 11 is 0. The number of nitrogens with zero attached hydrogens (tertiary/aromatic N) is 1. The Bertz CT molecular complexity index is 774. The standard InChI is InChI=1S/C23H30N2O3/c1-5-21(23(27)24-17(2)3)25(15-19-12-10-9-11-18(19)4)22(26)16-28-20-13-7-6-8-14-20/h6-14,17,21H,5,15-16H2,1-4H3,(H,24,27). The Kier molecular flexibility index (Phi) is 8.05. The second-order valence-corrected chi connectivity index (χ2v) is 7.14. The number of carbonyl (C=O) groups is 2. The smallest absolute Gasteiger partial charge is 0.261 e. The van der Waals surface area contributed by atoms with Crippen LogP contribution >= 0.6 is 0 Å². The van der Waals surface area contributed by atoms with Crippen LogP contribution in [0.3, 0.4) is 0 Å². The zero-order chi connectivity index (χ0) is 20.5. The van der Waals surface area contributed by atoms with Crippen LogP contribution in [-0.2, 0) is 16.1 Å². The van der Waals surface area contributed by atoms with E-state index in [0.29, 0.717) is 18.7 Å². The summed E-state index contributed by atoms with van der Waals surface area (Å²) in [4.78, 5) is 27.4. The van der Waals surface area contributed by atoms with Crippen LogP contribution in [0.25, 0.3) is 0 Å². The van der Waals surface area contributed by atoms with Gasteiger partial charge in [-0.25, -0.2) is 0 Å². The summed E-state index contributed by atoms with van der Waals surface area (Å²) in [6.07, 6.45) is 0.529. The number of para-hydroxylation sites is 1. The molecule has 1 unspecified atom stereocenters. The minimum absolute atomic E-state index is 0.0116. The molecule has 0 spiro atoms. The van der Waals surface area contributed by atoms with Crippen LogP contribution in [0.15, 0.2) is 54.6 Å². The molecule has 1 atom stereocenters. The maximum absolute atomic E-state index is 13.0. The lowest BCUT2D eigenvalue weighted by atomic mass is 10.1. The van der Waals surface area contributed by atoms with Gasteiger partial charge in [-0.05, 0) is 50.5 Å². The highest BCUT2D eigenvalue weighted by Crippen LogP contribution is 2.16. The SMILES string of the molecule is CCC(C(=O)NC(C)C)N(Cc1ccccc1C)C(=O)COc1ccccc1. The molecule has 0 aliphatic heterocycles. The molecule has 0 fully saturated rings. The summed E-state index contributed by atoms with van der Waals surface area (Å²) in [6, 6.07) is 16.6. The fourth-order valence-electron chi connectivity index (χ4n) is 3.02. The molecule has 2 amide bonds. The number of amides is 2. The lowest BCUT2D eigenvalue weighted by molar-refractivity contribution is -0.143. The molecule has 0 heterocycles. The summed E-state index contributed by atoms with van der Waals surface area (Å²) in [5.41, 5.74) is 2.11. The maximum atomic E-state index is 13.0. The van der Waals surface area contributed by atoms with Gasteiger partial charge in [-0.15, -0.1) is 0 Å². The fraction of sp³-hybridized carbons (Fsp3) is 0.391. The monoisotopic (exact) mass is 382 g/mol.